The minimum Gasteiger partial charge on any atom is -0.486 e. The molecular weight excluding hydrogens is 322 g/mol. The third kappa shape index (κ3) is 3.28. The van der Waals surface area contributed by atoms with E-state index in [2.05, 4.69) is 5.32 Å². The first-order chi connectivity index (χ1) is 12.1. The number of nitrogens with zero attached hydrogens (tertiary/aromatic N) is 1. The Morgan fingerprint density at radius 3 is 2.76 bits per heavy atom. The number of ether oxygens (including phenoxy) is 2. The van der Waals surface area contributed by atoms with Crippen molar-refractivity contribution in [3.8, 4) is 11.5 Å². The standard InChI is InChI=1S/C18H23N3O4/c19-14(11-1-2-11)10-20-17(22)13-5-6-21(18(13)23)12-3-4-15-16(9-12)25-8-7-24-15/h3-4,9,11,13-14H,1-2,5-8,10,19H2,(H,20,22). The molecule has 134 valence electrons. The fraction of sp³-hybridized carbons (Fsp3) is 0.556. The predicted octanol–water partition coefficient (Wildman–Crippen LogP) is 0.664. The number of fused-ring (bicyclic) bond motifs is 1. The van der Waals surface area contributed by atoms with Gasteiger partial charge in [-0.25, -0.2) is 0 Å². The number of hydrogen-bond acceptors (Lipinski definition) is 5. The van der Waals surface area contributed by atoms with Crippen molar-refractivity contribution in [2.75, 3.05) is 31.2 Å². The summed E-state index contributed by atoms with van der Waals surface area (Å²) in [5.41, 5.74) is 6.74. The van der Waals surface area contributed by atoms with Crippen LogP contribution in [-0.2, 0) is 9.59 Å². The molecular formula is C18H23N3O4. The lowest BCUT2D eigenvalue weighted by Crippen LogP contribution is -2.43. The number of benzene rings is 1. The summed E-state index contributed by atoms with van der Waals surface area (Å²) in [4.78, 5) is 26.7. The molecule has 7 nitrogen and oxygen atoms in total. The smallest absolute Gasteiger partial charge is 0.239 e. The Labute approximate surface area is 146 Å². The van der Waals surface area contributed by atoms with Crippen molar-refractivity contribution in [2.24, 2.45) is 17.6 Å². The van der Waals surface area contributed by atoms with E-state index < -0.39 is 5.92 Å². The number of carbonyl (C=O) groups excluding carboxylic acids is 2. The number of nitrogens with one attached hydrogen (secondary N) is 1. The zero-order chi connectivity index (χ0) is 17.4. The molecule has 1 aliphatic carbocycles. The van der Waals surface area contributed by atoms with Gasteiger partial charge in [0.25, 0.3) is 0 Å². The monoisotopic (exact) mass is 345 g/mol. The second kappa shape index (κ2) is 6.55. The molecule has 0 bridgehead atoms. The number of anilines is 1. The summed E-state index contributed by atoms with van der Waals surface area (Å²) in [6.07, 6.45) is 2.78. The topological polar surface area (TPSA) is 93.9 Å². The Bertz CT molecular complexity index is 689. The molecule has 2 aliphatic heterocycles. The third-order valence-corrected chi connectivity index (χ3v) is 5.10. The van der Waals surface area contributed by atoms with Gasteiger partial charge in [-0.05, 0) is 37.3 Å². The molecule has 0 spiro atoms. The summed E-state index contributed by atoms with van der Waals surface area (Å²) in [7, 11) is 0. The first-order valence-corrected chi connectivity index (χ1v) is 8.88. The van der Waals surface area contributed by atoms with Gasteiger partial charge in [0.05, 0.1) is 0 Å². The Morgan fingerprint density at radius 2 is 2.00 bits per heavy atom. The first-order valence-electron chi connectivity index (χ1n) is 8.88. The fourth-order valence-corrected chi connectivity index (χ4v) is 3.41. The van der Waals surface area contributed by atoms with Crippen LogP contribution in [0, 0.1) is 11.8 Å². The molecule has 4 rings (SSSR count). The summed E-state index contributed by atoms with van der Waals surface area (Å²) >= 11 is 0. The largest absolute Gasteiger partial charge is 0.486 e. The van der Waals surface area contributed by atoms with Crippen LogP contribution in [0.3, 0.4) is 0 Å². The van der Waals surface area contributed by atoms with Crippen LogP contribution in [0.1, 0.15) is 19.3 Å². The number of amides is 2. The zero-order valence-corrected chi connectivity index (χ0v) is 14.1. The van der Waals surface area contributed by atoms with E-state index in [1.165, 1.54) is 0 Å². The van der Waals surface area contributed by atoms with E-state index in [0.717, 1.165) is 18.5 Å². The highest BCUT2D eigenvalue weighted by atomic mass is 16.6. The van der Waals surface area contributed by atoms with E-state index in [9.17, 15) is 9.59 Å². The van der Waals surface area contributed by atoms with E-state index in [-0.39, 0.29) is 17.9 Å². The van der Waals surface area contributed by atoms with Crippen molar-refractivity contribution >= 4 is 17.5 Å². The second-order valence-corrected chi connectivity index (χ2v) is 6.91. The Hall–Kier alpha value is -2.28. The van der Waals surface area contributed by atoms with Gasteiger partial charge in [0.15, 0.2) is 11.5 Å². The lowest BCUT2D eigenvalue weighted by atomic mass is 10.1. The molecule has 25 heavy (non-hydrogen) atoms. The summed E-state index contributed by atoms with van der Waals surface area (Å²) in [5.74, 6) is 0.813. The van der Waals surface area contributed by atoms with Crippen LogP contribution in [0.5, 0.6) is 11.5 Å². The quantitative estimate of drug-likeness (QED) is 0.765. The average Bonchev–Trinajstić information content (AvgIpc) is 3.41. The average molecular weight is 345 g/mol. The van der Waals surface area contributed by atoms with Gasteiger partial charge in [-0.3, -0.25) is 9.59 Å². The van der Waals surface area contributed by atoms with Crippen LogP contribution < -0.4 is 25.4 Å². The van der Waals surface area contributed by atoms with Crippen molar-refractivity contribution in [3.63, 3.8) is 0 Å². The molecule has 3 aliphatic rings. The number of carbonyl (C=O) groups is 2. The molecule has 0 radical (unpaired) electrons. The molecule has 2 fully saturated rings. The maximum Gasteiger partial charge on any atom is 0.239 e. The molecule has 2 atom stereocenters. The molecule has 1 aromatic rings. The van der Waals surface area contributed by atoms with Gasteiger partial charge in [0, 0.05) is 30.9 Å². The lowest BCUT2D eigenvalue weighted by Gasteiger charge is -2.22. The summed E-state index contributed by atoms with van der Waals surface area (Å²) in [6, 6.07) is 5.43. The maximum atomic E-state index is 12.7. The van der Waals surface area contributed by atoms with Gasteiger partial charge in [-0.1, -0.05) is 0 Å². The fourth-order valence-electron chi connectivity index (χ4n) is 3.41. The zero-order valence-electron chi connectivity index (χ0n) is 14.1. The predicted molar refractivity (Wildman–Crippen MR) is 91.6 cm³/mol. The van der Waals surface area contributed by atoms with Gasteiger partial charge in [-0.2, -0.15) is 0 Å². The van der Waals surface area contributed by atoms with E-state index in [0.29, 0.717) is 50.1 Å². The molecule has 2 unspecified atom stereocenters. The van der Waals surface area contributed by atoms with Crippen LogP contribution in [0.4, 0.5) is 5.69 Å². The van der Waals surface area contributed by atoms with Gasteiger partial charge in [0.1, 0.15) is 19.1 Å². The molecule has 3 N–H and O–H groups in total. The normalized spacial score (nSPS) is 23.5. The molecule has 1 aromatic carbocycles. The summed E-state index contributed by atoms with van der Waals surface area (Å²) in [5, 5.41) is 2.84. The highest BCUT2D eigenvalue weighted by Gasteiger charge is 2.38. The van der Waals surface area contributed by atoms with Crippen molar-refractivity contribution in [3.05, 3.63) is 18.2 Å². The minimum atomic E-state index is -0.639. The molecule has 0 aromatic heterocycles. The van der Waals surface area contributed by atoms with Gasteiger partial charge < -0.3 is 25.4 Å². The first kappa shape index (κ1) is 16.2. The molecule has 2 heterocycles. The summed E-state index contributed by atoms with van der Waals surface area (Å²) in [6.45, 7) is 1.99. The van der Waals surface area contributed by atoms with E-state index >= 15 is 0 Å². The van der Waals surface area contributed by atoms with Gasteiger partial charge in [0.2, 0.25) is 11.8 Å². The Kier molecular flexibility index (Phi) is 4.25. The molecule has 2 amide bonds. The maximum absolute atomic E-state index is 12.7. The lowest BCUT2D eigenvalue weighted by molar-refractivity contribution is -0.132. The highest BCUT2D eigenvalue weighted by Crippen LogP contribution is 2.36. The number of hydrogen-bond donors (Lipinski definition) is 2. The van der Waals surface area contributed by atoms with E-state index in [1.54, 1.807) is 17.0 Å². The van der Waals surface area contributed by atoms with Crippen LogP contribution >= 0.6 is 0 Å². The molecule has 1 saturated carbocycles. The Balaban J connectivity index is 1.39. The minimum absolute atomic E-state index is 0.00523. The van der Waals surface area contributed by atoms with Crippen molar-refractivity contribution in [1.29, 1.82) is 0 Å². The van der Waals surface area contributed by atoms with Gasteiger partial charge in [-0.15, -0.1) is 0 Å². The van der Waals surface area contributed by atoms with E-state index in [4.69, 9.17) is 15.2 Å². The van der Waals surface area contributed by atoms with Crippen molar-refractivity contribution in [2.45, 2.75) is 25.3 Å². The van der Waals surface area contributed by atoms with Crippen LogP contribution in [0.25, 0.3) is 0 Å². The second-order valence-electron chi connectivity index (χ2n) is 6.91. The number of nitrogens with two attached hydrogens (primary N) is 1. The van der Waals surface area contributed by atoms with E-state index in [1.807, 2.05) is 6.07 Å². The third-order valence-electron chi connectivity index (χ3n) is 5.10. The SMILES string of the molecule is NC(CNC(=O)C1CCN(c2ccc3c(c2)OCCO3)C1=O)C1CC1. The molecule has 1 saturated heterocycles. The van der Waals surface area contributed by atoms with Gasteiger partial charge >= 0.3 is 0 Å². The van der Waals surface area contributed by atoms with Crippen LogP contribution in [-0.4, -0.2) is 44.2 Å². The van der Waals surface area contributed by atoms with Crippen LogP contribution in [0.15, 0.2) is 18.2 Å². The van der Waals surface area contributed by atoms with Crippen molar-refractivity contribution < 1.29 is 19.1 Å². The van der Waals surface area contributed by atoms with Crippen LogP contribution in [0.2, 0.25) is 0 Å². The highest BCUT2D eigenvalue weighted by molar-refractivity contribution is 6.09. The number of rotatable bonds is 5. The Morgan fingerprint density at radius 1 is 1.24 bits per heavy atom. The summed E-state index contributed by atoms with van der Waals surface area (Å²) < 4.78 is 11.1. The van der Waals surface area contributed by atoms with Crippen molar-refractivity contribution in [1.82, 2.24) is 5.32 Å². The molecule has 7 heteroatoms.